The third kappa shape index (κ3) is 3.16. The van der Waals surface area contributed by atoms with Crippen LogP contribution in [0.2, 0.25) is 0 Å². The van der Waals surface area contributed by atoms with Gasteiger partial charge >= 0.3 is 5.97 Å². The summed E-state index contributed by atoms with van der Waals surface area (Å²) in [5.41, 5.74) is -0.856. The largest absolute Gasteiger partial charge is 0.481 e. The fraction of sp³-hybridized carbons (Fsp3) is 0.583. The quantitative estimate of drug-likeness (QED) is 0.735. The second kappa shape index (κ2) is 5.30. The van der Waals surface area contributed by atoms with Gasteiger partial charge in [0.25, 0.3) is 0 Å². The molecule has 3 N–H and O–H groups in total. The second-order valence-electron chi connectivity index (χ2n) is 4.76. The number of aliphatic hydroxyl groups is 1. The Balaban J connectivity index is 1.85. The molecule has 98 valence electrons. The molecule has 0 radical (unpaired) electrons. The summed E-state index contributed by atoms with van der Waals surface area (Å²) in [6, 6.07) is 1.72. The van der Waals surface area contributed by atoms with Gasteiger partial charge in [-0.25, -0.2) is 9.97 Å². The summed E-state index contributed by atoms with van der Waals surface area (Å²) in [6.07, 6.45) is 5.27. The molecule has 0 aromatic carbocycles. The first-order valence-corrected chi connectivity index (χ1v) is 6.05. The standard InChI is InChI=1S/C12H17N3O3/c16-10(17)9-2-4-12(18,5-3-9)8-15-11-13-6-1-7-14-11/h1,6-7,9,18H,2-5,8H2,(H,16,17)(H,13,14,15)/t9-,12-. The molecule has 0 unspecified atom stereocenters. The van der Waals surface area contributed by atoms with Gasteiger partial charge in [0, 0.05) is 18.9 Å². The van der Waals surface area contributed by atoms with Crippen molar-refractivity contribution in [2.75, 3.05) is 11.9 Å². The van der Waals surface area contributed by atoms with Crippen LogP contribution in [0.5, 0.6) is 0 Å². The lowest BCUT2D eigenvalue weighted by Crippen LogP contribution is -2.42. The van der Waals surface area contributed by atoms with Crippen molar-refractivity contribution in [2.24, 2.45) is 5.92 Å². The maximum absolute atomic E-state index is 10.8. The number of nitrogens with zero attached hydrogens (tertiary/aromatic N) is 2. The summed E-state index contributed by atoms with van der Waals surface area (Å²) in [6.45, 7) is 0.351. The fourth-order valence-corrected chi connectivity index (χ4v) is 2.21. The van der Waals surface area contributed by atoms with E-state index in [4.69, 9.17) is 5.11 Å². The number of anilines is 1. The molecule has 1 saturated carbocycles. The lowest BCUT2D eigenvalue weighted by atomic mass is 9.79. The van der Waals surface area contributed by atoms with Gasteiger partial charge in [0.2, 0.25) is 5.95 Å². The lowest BCUT2D eigenvalue weighted by molar-refractivity contribution is -0.144. The van der Waals surface area contributed by atoms with Crippen molar-refractivity contribution >= 4 is 11.9 Å². The summed E-state index contributed by atoms with van der Waals surface area (Å²) >= 11 is 0. The Morgan fingerprint density at radius 1 is 1.39 bits per heavy atom. The number of nitrogens with one attached hydrogen (secondary N) is 1. The third-order valence-electron chi connectivity index (χ3n) is 3.41. The minimum atomic E-state index is -0.856. The molecule has 0 aliphatic heterocycles. The topological polar surface area (TPSA) is 95.3 Å². The van der Waals surface area contributed by atoms with E-state index in [1.54, 1.807) is 18.5 Å². The predicted molar refractivity (Wildman–Crippen MR) is 65.1 cm³/mol. The van der Waals surface area contributed by atoms with Gasteiger partial charge in [-0.3, -0.25) is 4.79 Å². The van der Waals surface area contributed by atoms with Crippen LogP contribution in [0.25, 0.3) is 0 Å². The zero-order chi connectivity index (χ0) is 13.0. The molecule has 0 bridgehead atoms. The number of carbonyl (C=O) groups is 1. The summed E-state index contributed by atoms with van der Waals surface area (Å²) in [5, 5.41) is 22.2. The van der Waals surface area contributed by atoms with Crippen molar-refractivity contribution in [3.05, 3.63) is 18.5 Å². The molecular weight excluding hydrogens is 234 g/mol. The molecule has 6 heteroatoms. The van der Waals surface area contributed by atoms with E-state index in [1.807, 2.05) is 0 Å². The third-order valence-corrected chi connectivity index (χ3v) is 3.41. The molecule has 1 fully saturated rings. The van der Waals surface area contributed by atoms with Crippen LogP contribution in [0.15, 0.2) is 18.5 Å². The van der Waals surface area contributed by atoms with Crippen molar-refractivity contribution < 1.29 is 15.0 Å². The number of hydrogen-bond donors (Lipinski definition) is 3. The summed E-state index contributed by atoms with van der Waals surface area (Å²) in [4.78, 5) is 18.8. The van der Waals surface area contributed by atoms with E-state index < -0.39 is 11.6 Å². The molecule has 1 heterocycles. The highest BCUT2D eigenvalue weighted by Gasteiger charge is 2.35. The van der Waals surface area contributed by atoms with Gasteiger partial charge in [-0.15, -0.1) is 0 Å². The molecule has 18 heavy (non-hydrogen) atoms. The normalized spacial score (nSPS) is 27.7. The molecule has 0 saturated heterocycles. The smallest absolute Gasteiger partial charge is 0.306 e. The Morgan fingerprint density at radius 3 is 2.56 bits per heavy atom. The van der Waals surface area contributed by atoms with E-state index in [2.05, 4.69) is 15.3 Å². The second-order valence-corrected chi connectivity index (χ2v) is 4.76. The Morgan fingerprint density at radius 2 is 2.00 bits per heavy atom. The molecule has 1 aliphatic rings. The first-order chi connectivity index (χ1) is 8.59. The lowest BCUT2D eigenvalue weighted by Gasteiger charge is -2.34. The maximum atomic E-state index is 10.8. The Hall–Kier alpha value is -1.69. The van der Waals surface area contributed by atoms with Gasteiger partial charge in [0.15, 0.2) is 0 Å². The Labute approximate surface area is 105 Å². The zero-order valence-corrected chi connectivity index (χ0v) is 10.0. The Kier molecular flexibility index (Phi) is 3.76. The number of carboxylic acid groups (broad SMARTS) is 1. The van der Waals surface area contributed by atoms with Crippen LogP contribution in [-0.4, -0.2) is 38.3 Å². The van der Waals surface area contributed by atoms with Crippen LogP contribution in [-0.2, 0) is 4.79 Å². The van der Waals surface area contributed by atoms with Crippen molar-refractivity contribution in [3.63, 3.8) is 0 Å². The van der Waals surface area contributed by atoms with E-state index in [1.165, 1.54) is 0 Å². The monoisotopic (exact) mass is 251 g/mol. The van der Waals surface area contributed by atoms with Crippen molar-refractivity contribution in [1.29, 1.82) is 0 Å². The number of rotatable bonds is 4. The van der Waals surface area contributed by atoms with E-state index in [9.17, 15) is 9.90 Å². The van der Waals surface area contributed by atoms with E-state index >= 15 is 0 Å². The van der Waals surface area contributed by atoms with Crippen molar-refractivity contribution in [3.8, 4) is 0 Å². The summed E-state index contributed by atoms with van der Waals surface area (Å²) in [7, 11) is 0. The average Bonchev–Trinajstić information content (AvgIpc) is 2.38. The number of carboxylic acids is 1. The molecule has 1 aliphatic carbocycles. The fourth-order valence-electron chi connectivity index (χ4n) is 2.21. The van der Waals surface area contributed by atoms with Crippen molar-refractivity contribution in [1.82, 2.24) is 9.97 Å². The van der Waals surface area contributed by atoms with E-state index in [0.29, 0.717) is 38.2 Å². The molecule has 0 amide bonds. The molecule has 2 rings (SSSR count). The number of aromatic nitrogens is 2. The molecule has 0 spiro atoms. The first kappa shape index (κ1) is 12.8. The van der Waals surface area contributed by atoms with Gasteiger partial charge in [0.1, 0.15) is 0 Å². The molecule has 0 atom stereocenters. The predicted octanol–water partition coefficient (Wildman–Crippen LogP) is 0.894. The van der Waals surface area contributed by atoms with Crippen LogP contribution >= 0.6 is 0 Å². The van der Waals surface area contributed by atoms with Crippen molar-refractivity contribution in [2.45, 2.75) is 31.3 Å². The van der Waals surface area contributed by atoms with Gasteiger partial charge in [-0.2, -0.15) is 0 Å². The first-order valence-electron chi connectivity index (χ1n) is 6.05. The van der Waals surface area contributed by atoms with Gasteiger partial charge < -0.3 is 15.5 Å². The highest BCUT2D eigenvalue weighted by molar-refractivity contribution is 5.70. The van der Waals surface area contributed by atoms with E-state index in [-0.39, 0.29) is 5.92 Å². The van der Waals surface area contributed by atoms with Crippen LogP contribution in [0.4, 0.5) is 5.95 Å². The van der Waals surface area contributed by atoms with Crippen LogP contribution < -0.4 is 5.32 Å². The van der Waals surface area contributed by atoms with Gasteiger partial charge in [-0.1, -0.05) is 0 Å². The minimum absolute atomic E-state index is 0.321. The molecule has 1 aromatic rings. The number of aliphatic carboxylic acids is 1. The van der Waals surface area contributed by atoms with Crippen LogP contribution in [0.3, 0.4) is 0 Å². The summed E-state index contributed by atoms with van der Waals surface area (Å²) < 4.78 is 0. The minimum Gasteiger partial charge on any atom is -0.481 e. The maximum Gasteiger partial charge on any atom is 0.306 e. The van der Waals surface area contributed by atoms with Crippen LogP contribution in [0.1, 0.15) is 25.7 Å². The average molecular weight is 251 g/mol. The molecule has 6 nitrogen and oxygen atoms in total. The Bertz CT molecular complexity index is 402. The molecular formula is C12H17N3O3. The molecule has 1 aromatic heterocycles. The summed E-state index contributed by atoms with van der Waals surface area (Å²) in [5.74, 6) is -0.610. The van der Waals surface area contributed by atoms with Gasteiger partial charge in [-0.05, 0) is 31.7 Å². The van der Waals surface area contributed by atoms with Crippen LogP contribution in [0, 0.1) is 5.92 Å². The van der Waals surface area contributed by atoms with E-state index in [0.717, 1.165) is 0 Å². The number of hydrogen-bond acceptors (Lipinski definition) is 5. The highest BCUT2D eigenvalue weighted by atomic mass is 16.4. The van der Waals surface area contributed by atoms with Gasteiger partial charge in [0.05, 0.1) is 11.5 Å². The SMILES string of the molecule is O=C(O)[C@H]1CC[C@@](O)(CNc2ncccn2)CC1. The highest BCUT2D eigenvalue weighted by Crippen LogP contribution is 2.32. The zero-order valence-electron chi connectivity index (χ0n) is 10.0.